The van der Waals surface area contributed by atoms with Crippen molar-refractivity contribution in [3.05, 3.63) is 35.4 Å². The number of rotatable bonds is 5. The number of likely N-dealkylation sites (N-methyl/N-ethyl adjacent to an activating group) is 1. The van der Waals surface area contributed by atoms with Crippen LogP contribution < -0.4 is 0 Å². The molecule has 25 heavy (non-hydrogen) atoms. The molecule has 2 aliphatic rings. The fourth-order valence-corrected chi connectivity index (χ4v) is 4.96. The van der Waals surface area contributed by atoms with Gasteiger partial charge in [-0.15, -0.1) is 0 Å². The molecule has 3 rings (SSSR count). The van der Waals surface area contributed by atoms with Crippen LogP contribution in [0.15, 0.2) is 29.8 Å². The first kappa shape index (κ1) is 18.5. The number of aromatic hydroxyl groups is 1. The zero-order chi connectivity index (χ0) is 17.6. The maximum Gasteiger partial charge on any atom is 0.116 e. The highest BCUT2D eigenvalue weighted by Crippen LogP contribution is 2.40. The first-order valence-corrected chi connectivity index (χ1v) is 10.3. The van der Waals surface area contributed by atoms with Crippen molar-refractivity contribution in [1.29, 1.82) is 0 Å². The molecule has 1 fully saturated rings. The van der Waals surface area contributed by atoms with Crippen LogP contribution in [-0.2, 0) is 0 Å². The van der Waals surface area contributed by atoms with Crippen LogP contribution in [0.4, 0.5) is 0 Å². The summed E-state index contributed by atoms with van der Waals surface area (Å²) in [5.74, 6) is 2.17. The summed E-state index contributed by atoms with van der Waals surface area (Å²) in [5.41, 5.74) is 4.34. The molecule has 1 aromatic rings. The van der Waals surface area contributed by atoms with Crippen molar-refractivity contribution in [1.82, 2.24) is 4.90 Å². The number of hydrogen-bond donors (Lipinski definition) is 1. The lowest BCUT2D eigenvalue weighted by atomic mass is 9.79. The second-order valence-electron chi connectivity index (χ2n) is 8.57. The number of nitrogens with zero attached hydrogens (tertiary/aromatic N) is 1. The van der Waals surface area contributed by atoms with Crippen molar-refractivity contribution in [2.75, 3.05) is 20.6 Å². The summed E-state index contributed by atoms with van der Waals surface area (Å²) in [7, 11) is 4.33. The second-order valence-corrected chi connectivity index (χ2v) is 8.57. The fraction of sp³-hybridized carbons (Fsp3) is 0.652. The zero-order valence-electron chi connectivity index (χ0n) is 16.1. The van der Waals surface area contributed by atoms with Crippen LogP contribution in [0.5, 0.6) is 5.75 Å². The van der Waals surface area contributed by atoms with E-state index in [1.165, 1.54) is 75.3 Å². The number of hydrogen-bond acceptors (Lipinski definition) is 2. The van der Waals surface area contributed by atoms with Gasteiger partial charge in [-0.2, -0.15) is 0 Å². The fourth-order valence-electron chi connectivity index (χ4n) is 4.96. The van der Waals surface area contributed by atoms with Crippen molar-refractivity contribution >= 4 is 5.57 Å². The van der Waals surface area contributed by atoms with Crippen LogP contribution >= 0.6 is 0 Å². The van der Waals surface area contributed by atoms with Gasteiger partial charge in [0.15, 0.2) is 0 Å². The SMILES string of the molecule is CN(C)CC1=C(c2cccc(O)c2)CC(CC2CCCCC2)CCC1. The number of benzene rings is 1. The van der Waals surface area contributed by atoms with Crippen molar-refractivity contribution in [2.24, 2.45) is 11.8 Å². The monoisotopic (exact) mass is 341 g/mol. The zero-order valence-corrected chi connectivity index (χ0v) is 16.1. The Bertz CT molecular complexity index is 584. The molecule has 0 saturated heterocycles. The highest BCUT2D eigenvalue weighted by Gasteiger charge is 2.24. The normalized spacial score (nSPS) is 23.1. The van der Waals surface area contributed by atoms with E-state index in [4.69, 9.17) is 0 Å². The molecular formula is C23H35NO. The molecule has 0 radical (unpaired) electrons. The summed E-state index contributed by atoms with van der Waals surface area (Å²) in [5, 5.41) is 9.98. The van der Waals surface area contributed by atoms with E-state index in [-0.39, 0.29) is 0 Å². The Morgan fingerprint density at radius 2 is 1.76 bits per heavy atom. The summed E-state index contributed by atoms with van der Waals surface area (Å²) >= 11 is 0. The summed E-state index contributed by atoms with van der Waals surface area (Å²) in [6, 6.07) is 7.93. The quantitative estimate of drug-likeness (QED) is 0.724. The minimum Gasteiger partial charge on any atom is -0.508 e. The molecule has 2 heteroatoms. The molecule has 1 unspecified atom stereocenters. The van der Waals surface area contributed by atoms with Gasteiger partial charge in [0.2, 0.25) is 0 Å². The molecule has 1 saturated carbocycles. The Labute approximate surface area is 153 Å². The Hall–Kier alpha value is -1.28. The Kier molecular flexibility index (Phi) is 6.58. The molecule has 0 spiro atoms. The maximum atomic E-state index is 9.98. The molecule has 0 aromatic heterocycles. The maximum absolute atomic E-state index is 9.98. The molecule has 1 aromatic carbocycles. The van der Waals surface area contributed by atoms with Crippen molar-refractivity contribution in [3.63, 3.8) is 0 Å². The van der Waals surface area contributed by atoms with E-state index in [1.54, 1.807) is 11.6 Å². The van der Waals surface area contributed by atoms with Crippen LogP contribution in [0, 0.1) is 11.8 Å². The number of phenolic OH excluding ortho intramolecular Hbond substituents is 1. The first-order chi connectivity index (χ1) is 12.1. The van der Waals surface area contributed by atoms with Gasteiger partial charge in [-0.25, -0.2) is 0 Å². The van der Waals surface area contributed by atoms with Crippen LogP contribution in [0.3, 0.4) is 0 Å². The van der Waals surface area contributed by atoms with E-state index in [9.17, 15) is 5.11 Å². The topological polar surface area (TPSA) is 23.5 Å². The molecule has 138 valence electrons. The van der Waals surface area contributed by atoms with Crippen molar-refractivity contribution in [2.45, 2.75) is 64.2 Å². The average molecular weight is 342 g/mol. The van der Waals surface area contributed by atoms with Crippen LogP contribution in [0.1, 0.15) is 69.8 Å². The van der Waals surface area contributed by atoms with Gasteiger partial charge < -0.3 is 10.0 Å². The summed E-state index contributed by atoms with van der Waals surface area (Å²) in [4.78, 5) is 2.29. The lowest BCUT2D eigenvalue weighted by molar-refractivity contribution is 0.280. The molecule has 1 N–H and O–H groups in total. The largest absolute Gasteiger partial charge is 0.508 e. The lowest BCUT2D eigenvalue weighted by Crippen LogP contribution is -2.16. The molecule has 0 aliphatic heterocycles. The molecular weight excluding hydrogens is 306 g/mol. The van der Waals surface area contributed by atoms with E-state index in [2.05, 4.69) is 25.1 Å². The number of phenols is 1. The second kappa shape index (κ2) is 8.89. The highest BCUT2D eigenvalue weighted by atomic mass is 16.3. The lowest BCUT2D eigenvalue weighted by Gasteiger charge is -2.27. The van der Waals surface area contributed by atoms with Gasteiger partial charge in [0.1, 0.15) is 5.75 Å². The Balaban J connectivity index is 1.81. The van der Waals surface area contributed by atoms with Crippen LogP contribution in [-0.4, -0.2) is 30.6 Å². The van der Waals surface area contributed by atoms with Gasteiger partial charge in [0.05, 0.1) is 0 Å². The van der Waals surface area contributed by atoms with E-state index in [0.29, 0.717) is 5.75 Å². The van der Waals surface area contributed by atoms with E-state index < -0.39 is 0 Å². The van der Waals surface area contributed by atoms with Gasteiger partial charge in [-0.3, -0.25) is 0 Å². The number of allylic oxidation sites excluding steroid dienone is 1. The molecule has 0 bridgehead atoms. The van der Waals surface area contributed by atoms with Gasteiger partial charge in [0.25, 0.3) is 0 Å². The van der Waals surface area contributed by atoms with E-state index in [1.807, 2.05) is 12.1 Å². The van der Waals surface area contributed by atoms with Gasteiger partial charge in [-0.1, -0.05) is 49.8 Å². The van der Waals surface area contributed by atoms with Gasteiger partial charge in [0, 0.05) is 6.54 Å². The van der Waals surface area contributed by atoms with E-state index in [0.717, 1.165) is 18.4 Å². The molecule has 0 heterocycles. The highest BCUT2D eigenvalue weighted by molar-refractivity contribution is 5.70. The minimum absolute atomic E-state index is 0.391. The summed E-state index contributed by atoms with van der Waals surface area (Å²) in [6.45, 7) is 1.04. The average Bonchev–Trinajstić information content (AvgIpc) is 2.78. The van der Waals surface area contributed by atoms with Crippen molar-refractivity contribution < 1.29 is 5.11 Å². The molecule has 1 atom stereocenters. The third-order valence-corrected chi connectivity index (χ3v) is 6.10. The summed E-state index contributed by atoms with van der Waals surface area (Å²) in [6.07, 6.45) is 13.8. The van der Waals surface area contributed by atoms with E-state index >= 15 is 0 Å². The third-order valence-electron chi connectivity index (χ3n) is 6.10. The minimum atomic E-state index is 0.391. The van der Waals surface area contributed by atoms with Gasteiger partial charge >= 0.3 is 0 Å². The standard InChI is InChI=1S/C23H35NO/c1-24(2)17-21-12-6-10-19(14-18-8-4-3-5-9-18)15-23(21)20-11-7-13-22(25)16-20/h7,11,13,16,18-19,25H,3-6,8-10,12,14-15,17H2,1-2H3. The van der Waals surface area contributed by atoms with Gasteiger partial charge in [-0.05, 0) is 81.3 Å². The van der Waals surface area contributed by atoms with Crippen molar-refractivity contribution in [3.8, 4) is 5.75 Å². The third kappa shape index (κ3) is 5.34. The summed E-state index contributed by atoms with van der Waals surface area (Å²) < 4.78 is 0. The predicted molar refractivity (Wildman–Crippen MR) is 107 cm³/mol. The predicted octanol–water partition coefficient (Wildman–Crippen LogP) is 5.87. The first-order valence-electron chi connectivity index (χ1n) is 10.3. The van der Waals surface area contributed by atoms with Crippen LogP contribution in [0.2, 0.25) is 0 Å². The molecule has 2 nitrogen and oxygen atoms in total. The molecule has 0 amide bonds. The smallest absolute Gasteiger partial charge is 0.116 e. The molecule has 2 aliphatic carbocycles. The Morgan fingerprint density at radius 3 is 2.48 bits per heavy atom. The Morgan fingerprint density at radius 1 is 1.00 bits per heavy atom. The van der Waals surface area contributed by atoms with Crippen LogP contribution in [0.25, 0.3) is 5.57 Å².